The van der Waals surface area contributed by atoms with Crippen molar-refractivity contribution in [3.63, 3.8) is 0 Å². The summed E-state index contributed by atoms with van der Waals surface area (Å²) in [6, 6.07) is 4.89. The second-order valence-electron chi connectivity index (χ2n) is 5.33. The zero-order valence-electron chi connectivity index (χ0n) is 11.4. The van der Waals surface area contributed by atoms with Crippen LogP contribution in [0, 0.1) is 12.7 Å². The lowest BCUT2D eigenvalue weighted by Crippen LogP contribution is -2.42. The number of thiophene rings is 1. The molecule has 1 aromatic carbocycles. The van der Waals surface area contributed by atoms with Crippen molar-refractivity contribution in [2.75, 3.05) is 13.1 Å². The van der Waals surface area contributed by atoms with Gasteiger partial charge >= 0.3 is 0 Å². The molecule has 106 valence electrons. The summed E-state index contributed by atoms with van der Waals surface area (Å²) in [6.07, 6.45) is 1.70. The van der Waals surface area contributed by atoms with Crippen molar-refractivity contribution in [2.45, 2.75) is 25.8 Å². The Labute approximate surface area is 121 Å². The lowest BCUT2D eigenvalue weighted by atomic mass is 10.1. The molecular formula is C15H17FN2OS. The van der Waals surface area contributed by atoms with Gasteiger partial charge in [0.05, 0.1) is 4.88 Å². The normalized spacial score (nSPS) is 16.9. The molecule has 2 heterocycles. The van der Waals surface area contributed by atoms with E-state index in [4.69, 9.17) is 5.73 Å². The van der Waals surface area contributed by atoms with Crippen LogP contribution in [-0.2, 0) is 0 Å². The fourth-order valence-electron chi connectivity index (χ4n) is 2.64. The Balaban J connectivity index is 1.93. The monoisotopic (exact) mass is 292 g/mol. The summed E-state index contributed by atoms with van der Waals surface area (Å²) in [6.45, 7) is 3.31. The minimum atomic E-state index is -0.263. The molecule has 0 bridgehead atoms. The molecule has 0 saturated carbocycles. The fraction of sp³-hybridized carbons (Fsp3) is 0.400. The number of rotatable bonds is 1. The molecule has 0 spiro atoms. The third kappa shape index (κ3) is 2.31. The van der Waals surface area contributed by atoms with Crippen LogP contribution in [0.3, 0.4) is 0 Å². The molecule has 0 unspecified atom stereocenters. The number of piperidine rings is 1. The van der Waals surface area contributed by atoms with E-state index in [1.54, 1.807) is 6.07 Å². The predicted octanol–water partition coefficient (Wildman–Crippen LogP) is 2.91. The van der Waals surface area contributed by atoms with E-state index >= 15 is 0 Å². The molecule has 1 saturated heterocycles. The highest BCUT2D eigenvalue weighted by atomic mass is 32.1. The Morgan fingerprint density at radius 1 is 1.40 bits per heavy atom. The van der Waals surface area contributed by atoms with E-state index in [0.29, 0.717) is 13.1 Å². The summed E-state index contributed by atoms with van der Waals surface area (Å²) >= 11 is 1.45. The third-order valence-electron chi connectivity index (χ3n) is 3.92. The number of carbonyl (C=O) groups is 1. The first-order valence-corrected chi connectivity index (χ1v) is 7.61. The standard InChI is InChI=1S/C15H17FN2OS/c1-9-12-8-10(16)2-3-13(12)20-14(9)15(19)18-6-4-11(17)5-7-18/h2-3,8,11H,4-7,17H2,1H3. The topological polar surface area (TPSA) is 46.3 Å². The van der Waals surface area contributed by atoms with E-state index in [1.807, 2.05) is 11.8 Å². The van der Waals surface area contributed by atoms with Gasteiger partial charge in [0.25, 0.3) is 5.91 Å². The maximum absolute atomic E-state index is 13.3. The summed E-state index contributed by atoms with van der Waals surface area (Å²) in [5.74, 6) is -0.211. The average Bonchev–Trinajstić information content (AvgIpc) is 2.76. The molecule has 5 heteroatoms. The summed E-state index contributed by atoms with van der Waals surface area (Å²) in [7, 11) is 0. The van der Waals surface area contributed by atoms with Gasteiger partial charge in [-0.15, -0.1) is 11.3 Å². The zero-order chi connectivity index (χ0) is 14.3. The minimum absolute atomic E-state index is 0.0519. The predicted molar refractivity (Wildman–Crippen MR) is 79.6 cm³/mol. The second kappa shape index (κ2) is 5.14. The van der Waals surface area contributed by atoms with E-state index in [0.717, 1.165) is 33.4 Å². The summed E-state index contributed by atoms with van der Waals surface area (Å²) in [5, 5.41) is 0.840. The molecule has 0 aliphatic carbocycles. The van der Waals surface area contributed by atoms with Gasteiger partial charge in [-0.2, -0.15) is 0 Å². The number of carbonyl (C=O) groups excluding carboxylic acids is 1. The molecule has 20 heavy (non-hydrogen) atoms. The van der Waals surface area contributed by atoms with E-state index < -0.39 is 0 Å². The van der Waals surface area contributed by atoms with E-state index in [1.165, 1.54) is 23.5 Å². The van der Waals surface area contributed by atoms with Crippen LogP contribution in [0.4, 0.5) is 4.39 Å². The highest BCUT2D eigenvalue weighted by Crippen LogP contribution is 2.32. The van der Waals surface area contributed by atoms with Gasteiger partial charge in [0.15, 0.2) is 0 Å². The number of benzene rings is 1. The quantitative estimate of drug-likeness (QED) is 0.878. The summed E-state index contributed by atoms with van der Waals surface area (Å²) in [5.41, 5.74) is 6.75. The van der Waals surface area contributed by atoms with Gasteiger partial charge in [0.1, 0.15) is 5.82 Å². The maximum atomic E-state index is 13.3. The summed E-state index contributed by atoms with van der Waals surface area (Å²) < 4.78 is 14.3. The molecule has 1 amide bonds. The van der Waals surface area contributed by atoms with E-state index in [9.17, 15) is 9.18 Å². The molecule has 1 fully saturated rings. The van der Waals surface area contributed by atoms with Gasteiger partial charge in [-0.05, 0) is 48.9 Å². The number of nitrogens with two attached hydrogens (primary N) is 1. The van der Waals surface area contributed by atoms with Crippen molar-refractivity contribution < 1.29 is 9.18 Å². The molecule has 3 rings (SSSR count). The van der Waals surface area contributed by atoms with Crippen molar-refractivity contribution in [3.05, 3.63) is 34.5 Å². The molecule has 1 aromatic heterocycles. The smallest absolute Gasteiger partial charge is 0.264 e. The van der Waals surface area contributed by atoms with Gasteiger partial charge in [-0.25, -0.2) is 4.39 Å². The number of hydrogen-bond donors (Lipinski definition) is 1. The molecule has 1 aliphatic heterocycles. The Morgan fingerprint density at radius 3 is 2.80 bits per heavy atom. The highest BCUT2D eigenvalue weighted by molar-refractivity contribution is 7.21. The minimum Gasteiger partial charge on any atom is -0.338 e. The number of likely N-dealkylation sites (tertiary alicyclic amines) is 1. The van der Waals surface area contributed by atoms with Crippen LogP contribution in [0.1, 0.15) is 28.1 Å². The van der Waals surface area contributed by atoms with Crippen LogP contribution in [0.2, 0.25) is 0 Å². The second-order valence-corrected chi connectivity index (χ2v) is 6.38. The van der Waals surface area contributed by atoms with Crippen molar-refractivity contribution >= 4 is 27.3 Å². The lowest BCUT2D eigenvalue weighted by Gasteiger charge is -2.30. The maximum Gasteiger partial charge on any atom is 0.264 e. The van der Waals surface area contributed by atoms with Crippen LogP contribution in [0.25, 0.3) is 10.1 Å². The van der Waals surface area contributed by atoms with Crippen LogP contribution < -0.4 is 5.73 Å². The first-order valence-electron chi connectivity index (χ1n) is 6.80. The van der Waals surface area contributed by atoms with Crippen LogP contribution in [-0.4, -0.2) is 29.9 Å². The van der Waals surface area contributed by atoms with Crippen molar-refractivity contribution in [3.8, 4) is 0 Å². The molecule has 0 atom stereocenters. The number of aryl methyl sites for hydroxylation is 1. The Bertz CT molecular complexity index is 659. The SMILES string of the molecule is Cc1c(C(=O)N2CCC(N)CC2)sc2ccc(F)cc12. The fourth-order valence-corrected chi connectivity index (χ4v) is 3.80. The molecule has 1 aliphatic rings. The first kappa shape index (κ1) is 13.5. The lowest BCUT2D eigenvalue weighted by molar-refractivity contribution is 0.0719. The molecule has 2 aromatic rings. The highest BCUT2D eigenvalue weighted by Gasteiger charge is 2.25. The largest absolute Gasteiger partial charge is 0.338 e. The van der Waals surface area contributed by atoms with Gasteiger partial charge in [0, 0.05) is 23.8 Å². The molecule has 2 N–H and O–H groups in total. The number of nitrogens with zero attached hydrogens (tertiary/aromatic N) is 1. The van der Waals surface area contributed by atoms with Crippen molar-refractivity contribution in [1.82, 2.24) is 4.90 Å². The Kier molecular flexibility index (Phi) is 3.48. The van der Waals surface area contributed by atoms with E-state index in [-0.39, 0.29) is 17.8 Å². The van der Waals surface area contributed by atoms with Gasteiger partial charge < -0.3 is 10.6 Å². The van der Waals surface area contributed by atoms with Crippen LogP contribution >= 0.6 is 11.3 Å². The number of halogens is 1. The van der Waals surface area contributed by atoms with Gasteiger partial charge in [0.2, 0.25) is 0 Å². The Morgan fingerprint density at radius 2 is 2.10 bits per heavy atom. The molecular weight excluding hydrogens is 275 g/mol. The van der Waals surface area contributed by atoms with Crippen molar-refractivity contribution in [1.29, 1.82) is 0 Å². The van der Waals surface area contributed by atoms with Gasteiger partial charge in [-0.1, -0.05) is 0 Å². The molecule has 0 radical (unpaired) electrons. The van der Waals surface area contributed by atoms with Crippen molar-refractivity contribution in [2.24, 2.45) is 5.73 Å². The Hall–Kier alpha value is -1.46. The van der Waals surface area contributed by atoms with Crippen LogP contribution in [0.15, 0.2) is 18.2 Å². The number of hydrogen-bond acceptors (Lipinski definition) is 3. The number of fused-ring (bicyclic) bond motifs is 1. The third-order valence-corrected chi connectivity index (χ3v) is 5.18. The van der Waals surface area contributed by atoms with Crippen LogP contribution in [0.5, 0.6) is 0 Å². The summed E-state index contributed by atoms with van der Waals surface area (Å²) in [4.78, 5) is 15.2. The molecule has 3 nitrogen and oxygen atoms in total. The zero-order valence-corrected chi connectivity index (χ0v) is 12.2. The number of amides is 1. The average molecular weight is 292 g/mol. The van der Waals surface area contributed by atoms with Gasteiger partial charge in [-0.3, -0.25) is 4.79 Å². The van der Waals surface area contributed by atoms with E-state index in [2.05, 4.69) is 0 Å². The first-order chi connectivity index (χ1) is 9.56.